The zero-order valence-corrected chi connectivity index (χ0v) is 14.4. The highest BCUT2D eigenvalue weighted by atomic mass is 16.5. The van der Waals surface area contributed by atoms with E-state index in [0.29, 0.717) is 25.6 Å². The number of hydrogen-bond donors (Lipinski definition) is 0. The van der Waals surface area contributed by atoms with Crippen molar-refractivity contribution >= 4 is 5.95 Å². The first-order valence-electron chi connectivity index (χ1n) is 8.40. The Labute approximate surface area is 142 Å². The molecule has 1 atom stereocenters. The lowest BCUT2D eigenvalue weighted by Crippen LogP contribution is -2.50. The van der Waals surface area contributed by atoms with Gasteiger partial charge in [0.05, 0.1) is 26.0 Å². The van der Waals surface area contributed by atoms with E-state index in [1.54, 1.807) is 25.8 Å². The van der Waals surface area contributed by atoms with E-state index in [0.717, 1.165) is 37.2 Å². The van der Waals surface area contributed by atoms with Gasteiger partial charge in [-0.2, -0.15) is 0 Å². The number of aromatic nitrogens is 2. The summed E-state index contributed by atoms with van der Waals surface area (Å²) in [5.41, 5.74) is 0.785. The molecule has 2 aromatic heterocycles. The molecule has 1 fully saturated rings. The molecule has 3 rings (SSSR count). The lowest BCUT2D eigenvalue weighted by Gasteiger charge is -2.40. The summed E-state index contributed by atoms with van der Waals surface area (Å²) in [5, 5.41) is 0. The smallest absolute Gasteiger partial charge is 0.225 e. The molecular weight excluding hydrogens is 306 g/mol. The molecule has 1 unspecified atom stereocenters. The Balaban J connectivity index is 1.83. The maximum atomic E-state index is 6.15. The van der Waals surface area contributed by atoms with Gasteiger partial charge in [-0.3, -0.25) is 0 Å². The topological polar surface area (TPSA) is 60.6 Å². The lowest BCUT2D eigenvalue weighted by molar-refractivity contribution is -0.110. The molecule has 0 N–H and O–H groups in total. The molecule has 0 saturated carbocycles. The maximum absolute atomic E-state index is 6.15. The molecule has 0 aliphatic carbocycles. The summed E-state index contributed by atoms with van der Waals surface area (Å²) >= 11 is 0. The fourth-order valence-corrected chi connectivity index (χ4v) is 3.22. The molecular formula is C18H25N3O3. The monoisotopic (exact) mass is 331 g/mol. The Morgan fingerprint density at radius 2 is 2.12 bits per heavy atom. The summed E-state index contributed by atoms with van der Waals surface area (Å²) in [6, 6.07) is 3.86. The first-order valence-corrected chi connectivity index (χ1v) is 8.40. The summed E-state index contributed by atoms with van der Waals surface area (Å²) < 4.78 is 17.2. The molecule has 1 saturated heterocycles. The summed E-state index contributed by atoms with van der Waals surface area (Å²) in [5.74, 6) is 1.57. The van der Waals surface area contributed by atoms with Crippen molar-refractivity contribution in [1.29, 1.82) is 0 Å². The van der Waals surface area contributed by atoms with Gasteiger partial charge < -0.3 is 18.8 Å². The molecule has 3 heterocycles. The molecule has 1 aliphatic rings. The van der Waals surface area contributed by atoms with Crippen LogP contribution in [0.25, 0.3) is 0 Å². The predicted molar refractivity (Wildman–Crippen MR) is 90.9 cm³/mol. The van der Waals surface area contributed by atoms with E-state index in [1.165, 1.54) is 0 Å². The van der Waals surface area contributed by atoms with Gasteiger partial charge >= 0.3 is 0 Å². The molecule has 2 aromatic rings. The van der Waals surface area contributed by atoms with E-state index < -0.39 is 0 Å². The Bertz CT molecular complexity index is 618. The van der Waals surface area contributed by atoms with Crippen LogP contribution in [-0.2, 0) is 16.0 Å². The minimum atomic E-state index is -0.326. The van der Waals surface area contributed by atoms with Crippen molar-refractivity contribution in [2.24, 2.45) is 0 Å². The van der Waals surface area contributed by atoms with Crippen LogP contribution < -0.4 is 4.90 Å². The zero-order chi connectivity index (χ0) is 16.8. The Morgan fingerprint density at radius 1 is 1.29 bits per heavy atom. The van der Waals surface area contributed by atoms with E-state index in [9.17, 15) is 0 Å². The second kappa shape index (κ2) is 7.77. The predicted octanol–water partition coefficient (Wildman–Crippen LogP) is 2.97. The average Bonchev–Trinajstić information content (AvgIpc) is 3.01. The van der Waals surface area contributed by atoms with Crippen LogP contribution in [0.3, 0.4) is 0 Å². The van der Waals surface area contributed by atoms with Crippen LogP contribution in [0.2, 0.25) is 0 Å². The highest BCUT2D eigenvalue weighted by Gasteiger charge is 2.36. The van der Waals surface area contributed by atoms with Crippen molar-refractivity contribution in [3.05, 3.63) is 42.1 Å². The van der Waals surface area contributed by atoms with E-state index in [4.69, 9.17) is 13.9 Å². The fourth-order valence-electron chi connectivity index (χ4n) is 3.22. The van der Waals surface area contributed by atoms with Gasteiger partial charge in [-0.25, -0.2) is 9.97 Å². The number of aryl methyl sites for hydroxylation is 1. The number of hydrogen-bond acceptors (Lipinski definition) is 6. The second-order valence-electron chi connectivity index (χ2n) is 6.42. The van der Waals surface area contributed by atoms with Crippen LogP contribution in [0, 0.1) is 6.92 Å². The summed E-state index contributed by atoms with van der Waals surface area (Å²) in [6.07, 6.45) is 8.50. The number of nitrogens with zero attached hydrogens (tertiary/aromatic N) is 3. The lowest BCUT2D eigenvalue weighted by atomic mass is 9.94. The van der Waals surface area contributed by atoms with E-state index in [-0.39, 0.29) is 5.60 Å². The zero-order valence-electron chi connectivity index (χ0n) is 14.4. The molecule has 0 radical (unpaired) electrons. The second-order valence-corrected chi connectivity index (χ2v) is 6.42. The highest BCUT2D eigenvalue weighted by Crippen LogP contribution is 2.28. The maximum Gasteiger partial charge on any atom is 0.225 e. The van der Waals surface area contributed by atoms with Crippen LogP contribution >= 0.6 is 0 Å². The minimum absolute atomic E-state index is 0.326. The van der Waals surface area contributed by atoms with Gasteiger partial charge in [-0.1, -0.05) is 0 Å². The van der Waals surface area contributed by atoms with Crippen LogP contribution in [0.1, 0.15) is 30.6 Å². The van der Waals surface area contributed by atoms with E-state index >= 15 is 0 Å². The van der Waals surface area contributed by atoms with Crippen molar-refractivity contribution in [2.75, 3.05) is 31.8 Å². The molecule has 0 bridgehead atoms. The molecule has 1 aliphatic heterocycles. The van der Waals surface area contributed by atoms with Crippen LogP contribution in [0.5, 0.6) is 0 Å². The van der Waals surface area contributed by atoms with Gasteiger partial charge in [-0.15, -0.1) is 0 Å². The first-order chi connectivity index (χ1) is 11.7. The average molecular weight is 331 g/mol. The Hall–Kier alpha value is -1.92. The van der Waals surface area contributed by atoms with Gasteiger partial charge in [0.1, 0.15) is 11.4 Å². The third-order valence-electron chi connectivity index (χ3n) is 4.29. The van der Waals surface area contributed by atoms with Crippen LogP contribution in [0.15, 0.2) is 35.2 Å². The first kappa shape index (κ1) is 16.9. The Kier molecular flexibility index (Phi) is 5.48. The van der Waals surface area contributed by atoms with Gasteiger partial charge in [0.25, 0.3) is 0 Å². The van der Waals surface area contributed by atoms with Crippen LogP contribution in [-0.4, -0.2) is 42.4 Å². The fraction of sp³-hybridized carbons (Fsp3) is 0.556. The van der Waals surface area contributed by atoms with E-state index in [1.807, 2.05) is 19.1 Å². The molecule has 130 valence electrons. The summed E-state index contributed by atoms with van der Waals surface area (Å²) in [4.78, 5) is 10.9. The van der Waals surface area contributed by atoms with Gasteiger partial charge in [0.15, 0.2) is 0 Å². The molecule has 0 amide bonds. The number of ether oxygens (including phenoxy) is 2. The molecule has 24 heavy (non-hydrogen) atoms. The SMILES string of the molecule is COCC1(CN(Cc2cc(C)co2)c2ncccn2)CCCCO1. The van der Waals surface area contributed by atoms with Crippen molar-refractivity contribution < 1.29 is 13.9 Å². The highest BCUT2D eigenvalue weighted by molar-refractivity contribution is 5.31. The third-order valence-corrected chi connectivity index (χ3v) is 4.29. The van der Waals surface area contributed by atoms with Gasteiger partial charge in [0.2, 0.25) is 5.95 Å². The largest absolute Gasteiger partial charge is 0.467 e. The van der Waals surface area contributed by atoms with Gasteiger partial charge in [-0.05, 0) is 43.9 Å². The van der Waals surface area contributed by atoms with Crippen molar-refractivity contribution in [2.45, 2.75) is 38.3 Å². The number of rotatable bonds is 7. The van der Waals surface area contributed by atoms with Crippen LogP contribution in [0.4, 0.5) is 5.95 Å². The molecule has 0 aromatic carbocycles. The Morgan fingerprint density at radius 3 is 2.75 bits per heavy atom. The molecule has 0 spiro atoms. The van der Waals surface area contributed by atoms with E-state index in [2.05, 4.69) is 14.9 Å². The summed E-state index contributed by atoms with van der Waals surface area (Å²) in [7, 11) is 1.72. The number of anilines is 1. The number of furan rings is 1. The molecule has 6 nitrogen and oxygen atoms in total. The third kappa shape index (κ3) is 4.13. The van der Waals surface area contributed by atoms with Gasteiger partial charge in [0, 0.05) is 26.1 Å². The molecule has 6 heteroatoms. The van der Waals surface area contributed by atoms with Crippen molar-refractivity contribution in [3.8, 4) is 0 Å². The van der Waals surface area contributed by atoms with Crippen molar-refractivity contribution in [3.63, 3.8) is 0 Å². The van der Waals surface area contributed by atoms with Crippen molar-refractivity contribution in [1.82, 2.24) is 9.97 Å². The standard InChI is InChI=1S/C18H25N3O3/c1-15-10-16(23-12-15)11-21(17-19-7-5-8-20-17)13-18(14-22-2)6-3-4-9-24-18/h5,7-8,10,12H,3-4,6,9,11,13-14H2,1-2H3. The number of methoxy groups -OCH3 is 1. The minimum Gasteiger partial charge on any atom is -0.467 e. The quantitative estimate of drug-likeness (QED) is 0.777. The normalized spacial score (nSPS) is 20.9. The summed E-state index contributed by atoms with van der Waals surface area (Å²) in [6.45, 7) is 4.63.